The van der Waals surface area contributed by atoms with Crippen LogP contribution in [0.15, 0.2) is 66.1 Å². The van der Waals surface area contributed by atoms with Crippen LogP contribution in [0, 0.1) is 11.3 Å². The van der Waals surface area contributed by atoms with Crippen molar-refractivity contribution in [3.8, 4) is 11.1 Å². The van der Waals surface area contributed by atoms with Crippen LogP contribution < -0.4 is 0 Å². The summed E-state index contributed by atoms with van der Waals surface area (Å²) in [6.45, 7) is 7.00. The number of fused-ring (bicyclic) bond motifs is 1. The van der Waals surface area contributed by atoms with Gasteiger partial charge in [-0.05, 0) is 60.3 Å². The summed E-state index contributed by atoms with van der Waals surface area (Å²) >= 11 is 0. The molecule has 1 saturated carbocycles. The van der Waals surface area contributed by atoms with E-state index >= 15 is 0 Å². The summed E-state index contributed by atoms with van der Waals surface area (Å²) in [5, 5.41) is 5.15. The normalized spacial score (nSPS) is 20.8. The first-order valence-corrected chi connectivity index (χ1v) is 12.9. The van der Waals surface area contributed by atoms with Crippen LogP contribution in [0.4, 0.5) is 0 Å². The van der Waals surface area contributed by atoms with E-state index in [-0.39, 0.29) is 10.3 Å². The zero-order valence-electron chi connectivity index (χ0n) is 19.6. The summed E-state index contributed by atoms with van der Waals surface area (Å²) in [6, 6.07) is 10.7. The number of pyridine rings is 1. The molecule has 0 bridgehead atoms. The zero-order valence-corrected chi connectivity index (χ0v) is 20.4. The van der Waals surface area contributed by atoms with Gasteiger partial charge >= 0.3 is 0 Å². The number of hydrogen-bond acceptors (Lipinski definition) is 4. The first kappa shape index (κ1) is 21.9. The molecule has 0 amide bonds. The molecule has 0 N–H and O–H groups in total. The van der Waals surface area contributed by atoms with Crippen LogP contribution in [0.3, 0.4) is 0 Å². The fourth-order valence-corrected chi connectivity index (χ4v) is 6.94. The number of nitrogens with zero attached hydrogens (tertiary/aromatic N) is 4. The minimum absolute atomic E-state index is 0.244. The van der Waals surface area contributed by atoms with Crippen LogP contribution in [0.25, 0.3) is 22.2 Å². The van der Waals surface area contributed by atoms with E-state index in [0.717, 1.165) is 29.4 Å². The molecule has 0 spiro atoms. The summed E-state index contributed by atoms with van der Waals surface area (Å²) < 4.78 is 30.1. The van der Waals surface area contributed by atoms with E-state index in [9.17, 15) is 8.42 Å². The summed E-state index contributed by atoms with van der Waals surface area (Å²) in [6.07, 6.45) is 10.7. The molecule has 1 fully saturated rings. The molecule has 4 aromatic rings. The second-order valence-corrected chi connectivity index (χ2v) is 12.1. The second kappa shape index (κ2) is 7.83. The Labute approximate surface area is 195 Å². The third-order valence-corrected chi connectivity index (χ3v) is 8.47. The van der Waals surface area contributed by atoms with Crippen molar-refractivity contribution in [3.63, 3.8) is 0 Å². The van der Waals surface area contributed by atoms with Crippen molar-refractivity contribution in [1.29, 1.82) is 0 Å². The van der Waals surface area contributed by atoms with Gasteiger partial charge in [0.15, 0.2) is 5.65 Å². The zero-order chi connectivity index (χ0) is 23.4. The molecule has 3 heterocycles. The van der Waals surface area contributed by atoms with Gasteiger partial charge in [-0.2, -0.15) is 5.10 Å². The molecule has 33 heavy (non-hydrogen) atoms. The molecule has 0 saturated heterocycles. The van der Waals surface area contributed by atoms with E-state index in [1.807, 2.05) is 25.5 Å². The molecule has 6 nitrogen and oxygen atoms in total. The number of benzene rings is 1. The minimum Gasteiger partial charge on any atom is -0.275 e. The van der Waals surface area contributed by atoms with Crippen LogP contribution in [0.1, 0.15) is 51.5 Å². The number of rotatable bonds is 4. The predicted octanol–water partition coefficient (Wildman–Crippen LogP) is 5.60. The maximum absolute atomic E-state index is 13.5. The Balaban J connectivity index is 1.69. The molecule has 1 aromatic carbocycles. The highest BCUT2D eigenvalue weighted by atomic mass is 32.2. The maximum Gasteiger partial charge on any atom is 0.269 e. The smallest absolute Gasteiger partial charge is 0.269 e. The van der Waals surface area contributed by atoms with Crippen LogP contribution in [0.2, 0.25) is 0 Å². The van der Waals surface area contributed by atoms with Gasteiger partial charge in [0.05, 0.1) is 11.1 Å². The number of aryl methyl sites for hydroxylation is 1. The van der Waals surface area contributed by atoms with E-state index < -0.39 is 10.0 Å². The first-order valence-electron chi connectivity index (χ1n) is 11.4. The van der Waals surface area contributed by atoms with Crippen molar-refractivity contribution in [2.75, 3.05) is 0 Å². The molecular weight excluding hydrogens is 432 g/mol. The maximum atomic E-state index is 13.5. The third kappa shape index (κ3) is 3.99. The molecule has 5 rings (SSSR count). The minimum atomic E-state index is -3.78. The molecule has 172 valence electrons. The van der Waals surface area contributed by atoms with E-state index in [4.69, 9.17) is 4.98 Å². The van der Waals surface area contributed by atoms with Gasteiger partial charge in [-0.3, -0.25) is 4.68 Å². The Bertz CT molecular complexity index is 1420. The fraction of sp³-hybridized carbons (Fsp3) is 0.385. The highest BCUT2D eigenvalue weighted by molar-refractivity contribution is 7.90. The van der Waals surface area contributed by atoms with Crippen LogP contribution >= 0.6 is 0 Å². The molecule has 1 aliphatic rings. The monoisotopic (exact) mass is 462 g/mol. The van der Waals surface area contributed by atoms with Crippen molar-refractivity contribution in [1.82, 2.24) is 18.7 Å². The van der Waals surface area contributed by atoms with Gasteiger partial charge in [-0.25, -0.2) is 17.4 Å². The van der Waals surface area contributed by atoms with E-state index in [2.05, 4.69) is 31.9 Å². The van der Waals surface area contributed by atoms with Crippen molar-refractivity contribution < 1.29 is 8.42 Å². The fourth-order valence-electron chi connectivity index (χ4n) is 5.60. The molecular formula is C26H30N4O2S. The summed E-state index contributed by atoms with van der Waals surface area (Å²) in [4.78, 5) is 4.97. The average molecular weight is 463 g/mol. The van der Waals surface area contributed by atoms with Crippen molar-refractivity contribution in [2.45, 2.75) is 50.8 Å². The van der Waals surface area contributed by atoms with Gasteiger partial charge in [-0.1, -0.05) is 39.0 Å². The Hall–Kier alpha value is -2.93. The van der Waals surface area contributed by atoms with Crippen molar-refractivity contribution in [2.24, 2.45) is 18.4 Å². The van der Waals surface area contributed by atoms with Gasteiger partial charge in [0, 0.05) is 42.2 Å². The van der Waals surface area contributed by atoms with Gasteiger partial charge in [0.25, 0.3) is 10.0 Å². The molecule has 2 unspecified atom stereocenters. The Morgan fingerprint density at radius 3 is 2.48 bits per heavy atom. The molecule has 7 heteroatoms. The summed E-state index contributed by atoms with van der Waals surface area (Å²) in [5.41, 5.74) is 3.62. The molecule has 2 atom stereocenters. The van der Waals surface area contributed by atoms with Crippen LogP contribution in [0.5, 0.6) is 0 Å². The number of hydrogen-bond donors (Lipinski definition) is 0. The van der Waals surface area contributed by atoms with Gasteiger partial charge < -0.3 is 0 Å². The highest BCUT2D eigenvalue weighted by Crippen LogP contribution is 2.46. The van der Waals surface area contributed by atoms with E-state index in [0.29, 0.717) is 17.5 Å². The summed E-state index contributed by atoms with van der Waals surface area (Å²) in [7, 11) is -1.92. The SMILES string of the molecule is CC1CC(c2cnc3c(c2)c(-c2cnn(C)c2)cn3S(=O)(=O)c2ccccc2)CC(C)(C)C1. The standard InChI is InChI=1S/C26H30N4O2S/c1-18-10-19(13-26(2,3)12-18)20-11-23-24(21-15-28-29(4)16-21)17-30(25(23)27-14-20)33(31,32)22-8-6-5-7-9-22/h5-9,11,14-19H,10,12-13H2,1-4H3. The molecule has 1 aliphatic carbocycles. The van der Waals surface area contributed by atoms with Gasteiger partial charge in [0.1, 0.15) is 0 Å². The molecule has 3 aromatic heterocycles. The Morgan fingerprint density at radius 2 is 1.82 bits per heavy atom. The number of aromatic nitrogens is 4. The quantitative estimate of drug-likeness (QED) is 0.396. The average Bonchev–Trinajstić information content (AvgIpc) is 3.36. The van der Waals surface area contributed by atoms with Gasteiger partial charge in [0.2, 0.25) is 0 Å². The van der Waals surface area contributed by atoms with Gasteiger partial charge in [-0.15, -0.1) is 0 Å². The van der Waals surface area contributed by atoms with Crippen molar-refractivity contribution >= 4 is 21.1 Å². The third-order valence-electron chi connectivity index (χ3n) is 6.81. The first-order chi connectivity index (χ1) is 15.6. The lowest BCUT2D eigenvalue weighted by Gasteiger charge is -2.39. The Morgan fingerprint density at radius 1 is 1.06 bits per heavy atom. The van der Waals surface area contributed by atoms with E-state index in [1.54, 1.807) is 41.3 Å². The lowest BCUT2D eigenvalue weighted by atomic mass is 9.66. The second-order valence-electron chi connectivity index (χ2n) is 10.3. The molecule has 0 radical (unpaired) electrons. The Kier molecular flexibility index (Phi) is 5.20. The van der Waals surface area contributed by atoms with Crippen LogP contribution in [-0.2, 0) is 17.1 Å². The van der Waals surface area contributed by atoms with E-state index in [1.165, 1.54) is 16.0 Å². The summed E-state index contributed by atoms with van der Waals surface area (Å²) in [5.74, 6) is 1.06. The molecule has 0 aliphatic heterocycles. The highest BCUT2D eigenvalue weighted by Gasteiger charge is 2.33. The predicted molar refractivity (Wildman–Crippen MR) is 130 cm³/mol. The van der Waals surface area contributed by atoms with Crippen LogP contribution in [-0.4, -0.2) is 27.2 Å². The lowest BCUT2D eigenvalue weighted by Crippen LogP contribution is -2.26. The van der Waals surface area contributed by atoms with Crippen molar-refractivity contribution in [3.05, 3.63) is 66.7 Å². The largest absolute Gasteiger partial charge is 0.275 e. The topological polar surface area (TPSA) is 69.8 Å². The lowest BCUT2D eigenvalue weighted by molar-refractivity contribution is 0.168.